The zero-order valence-electron chi connectivity index (χ0n) is 13.4. The Hall–Kier alpha value is -2.86. The summed E-state index contributed by atoms with van der Waals surface area (Å²) in [6.45, 7) is 5.64. The number of rotatable bonds is 4. The van der Waals surface area contributed by atoms with E-state index in [-0.39, 0.29) is 5.69 Å². The molecule has 0 atom stereocenters. The maximum Gasteiger partial charge on any atom is 0.270 e. The molecule has 0 fully saturated rings. The summed E-state index contributed by atoms with van der Waals surface area (Å²) in [4.78, 5) is 12.8. The summed E-state index contributed by atoms with van der Waals surface area (Å²) in [5.74, 6) is 2.11. The van der Waals surface area contributed by atoms with Crippen LogP contribution in [0.5, 0.6) is 17.2 Å². The van der Waals surface area contributed by atoms with E-state index in [1.807, 2.05) is 24.3 Å². The van der Waals surface area contributed by atoms with Crippen molar-refractivity contribution in [3.63, 3.8) is 0 Å². The van der Waals surface area contributed by atoms with Crippen LogP contribution in [-0.4, -0.2) is 23.5 Å². The molecule has 0 amide bonds. The van der Waals surface area contributed by atoms with Crippen molar-refractivity contribution in [2.45, 2.75) is 13.1 Å². The van der Waals surface area contributed by atoms with Gasteiger partial charge in [-0.3, -0.25) is 15.0 Å². The van der Waals surface area contributed by atoms with Gasteiger partial charge in [0.1, 0.15) is 17.2 Å². The van der Waals surface area contributed by atoms with Gasteiger partial charge >= 0.3 is 0 Å². The van der Waals surface area contributed by atoms with Crippen molar-refractivity contribution < 1.29 is 14.4 Å². The number of hydrogen-bond acceptors (Lipinski definition) is 5. The third-order valence-electron chi connectivity index (χ3n) is 3.92. The lowest BCUT2D eigenvalue weighted by molar-refractivity contribution is -0.384. The fourth-order valence-corrected chi connectivity index (χ4v) is 2.78. The van der Waals surface area contributed by atoms with Gasteiger partial charge in [0.05, 0.1) is 12.0 Å². The quantitative estimate of drug-likeness (QED) is 0.484. The summed E-state index contributed by atoms with van der Waals surface area (Å²) in [5, 5.41) is 11.0. The van der Waals surface area contributed by atoms with Crippen molar-refractivity contribution >= 4 is 5.69 Å². The van der Waals surface area contributed by atoms with Crippen LogP contribution in [0.2, 0.25) is 0 Å². The lowest BCUT2D eigenvalue weighted by Gasteiger charge is -2.26. The molecule has 0 N–H and O–H groups in total. The van der Waals surface area contributed by atoms with Crippen molar-refractivity contribution in [1.82, 2.24) is 4.90 Å². The minimum atomic E-state index is -0.393. The number of hydrogen-bond donors (Lipinski definition) is 0. The number of nitro groups is 1. The van der Waals surface area contributed by atoms with Crippen LogP contribution in [0, 0.1) is 10.1 Å². The average molecular weight is 326 g/mol. The van der Waals surface area contributed by atoms with Gasteiger partial charge in [0.2, 0.25) is 0 Å². The van der Waals surface area contributed by atoms with Crippen molar-refractivity contribution in [3.05, 3.63) is 70.3 Å². The molecule has 0 aliphatic carbocycles. The number of fused-ring (bicyclic) bond motifs is 2. The van der Waals surface area contributed by atoms with Crippen LogP contribution in [0.25, 0.3) is 0 Å². The maximum absolute atomic E-state index is 11.0. The van der Waals surface area contributed by atoms with Gasteiger partial charge in [-0.1, -0.05) is 6.08 Å². The van der Waals surface area contributed by atoms with E-state index in [0.29, 0.717) is 25.4 Å². The highest BCUT2D eigenvalue weighted by Gasteiger charge is 2.20. The van der Waals surface area contributed by atoms with E-state index in [2.05, 4.69) is 11.5 Å². The Morgan fingerprint density at radius 1 is 1.25 bits per heavy atom. The third kappa shape index (κ3) is 3.23. The number of methoxy groups -OCH3 is 1. The molecule has 0 saturated carbocycles. The van der Waals surface area contributed by atoms with Crippen molar-refractivity contribution in [2.24, 2.45) is 0 Å². The first-order valence-electron chi connectivity index (χ1n) is 7.56. The van der Waals surface area contributed by atoms with Crippen molar-refractivity contribution in [3.8, 4) is 17.2 Å². The maximum atomic E-state index is 11.0. The molecule has 6 nitrogen and oxygen atoms in total. The molecule has 0 saturated heterocycles. The molecule has 0 spiro atoms. The van der Waals surface area contributed by atoms with Crippen LogP contribution in [0.15, 0.2) is 49.1 Å². The zero-order chi connectivity index (χ0) is 17.1. The predicted octanol–water partition coefficient (Wildman–Crippen LogP) is 3.90. The van der Waals surface area contributed by atoms with Crippen LogP contribution < -0.4 is 9.47 Å². The SMILES string of the molecule is C=CCN1Cc2cc(OC)ccc2Oc2ccc([N+](=O)[O-])cc2C1. The van der Waals surface area contributed by atoms with Crippen molar-refractivity contribution in [2.75, 3.05) is 13.7 Å². The Labute approximate surface area is 140 Å². The Morgan fingerprint density at radius 3 is 2.54 bits per heavy atom. The monoisotopic (exact) mass is 326 g/mol. The summed E-state index contributed by atoms with van der Waals surface area (Å²) < 4.78 is 11.3. The van der Waals surface area contributed by atoms with Crippen LogP contribution in [0.3, 0.4) is 0 Å². The van der Waals surface area contributed by atoms with E-state index in [1.165, 1.54) is 6.07 Å². The molecular formula is C18H18N2O4. The second-order valence-corrected chi connectivity index (χ2v) is 5.58. The number of nitro benzene ring substituents is 1. The molecule has 1 aliphatic heterocycles. The molecule has 0 radical (unpaired) electrons. The standard InChI is InChI=1S/C18H18N2O4/c1-3-8-19-11-13-9-15(20(21)22)4-6-17(13)24-18-7-5-16(23-2)10-14(18)12-19/h3-7,9-10H,1,8,11-12H2,2H3. The largest absolute Gasteiger partial charge is 0.497 e. The van der Waals surface area contributed by atoms with Crippen LogP contribution in [0.4, 0.5) is 5.69 Å². The van der Waals surface area contributed by atoms with Gasteiger partial charge in [0.15, 0.2) is 0 Å². The van der Waals surface area contributed by atoms with Crippen LogP contribution in [0.1, 0.15) is 11.1 Å². The van der Waals surface area contributed by atoms with Gasteiger partial charge in [0, 0.05) is 42.9 Å². The van der Waals surface area contributed by atoms with E-state index in [4.69, 9.17) is 9.47 Å². The number of ether oxygens (including phenoxy) is 2. The van der Waals surface area contributed by atoms with Crippen LogP contribution >= 0.6 is 0 Å². The van der Waals surface area contributed by atoms with Crippen molar-refractivity contribution in [1.29, 1.82) is 0 Å². The van der Waals surface area contributed by atoms with Gasteiger partial charge in [-0.25, -0.2) is 0 Å². The molecule has 6 heteroatoms. The average Bonchev–Trinajstić information content (AvgIpc) is 2.55. The molecule has 124 valence electrons. The lowest BCUT2D eigenvalue weighted by Crippen LogP contribution is -2.24. The molecule has 0 bridgehead atoms. The number of non-ortho nitro benzene ring substituents is 1. The smallest absolute Gasteiger partial charge is 0.270 e. The third-order valence-corrected chi connectivity index (χ3v) is 3.92. The summed E-state index contributed by atoms with van der Waals surface area (Å²) in [6, 6.07) is 10.3. The normalized spacial score (nSPS) is 13.7. The highest BCUT2D eigenvalue weighted by atomic mass is 16.6. The Kier molecular flexibility index (Phi) is 4.48. The summed E-state index contributed by atoms with van der Waals surface area (Å²) in [6.07, 6.45) is 1.82. The van der Waals surface area contributed by atoms with E-state index >= 15 is 0 Å². The molecule has 3 rings (SSSR count). The van der Waals surface area contributed by atoms with Crippen LogP contribution in [-0.2, 0) is 13.1 Å². The topological polar surface area (TPSA) is 64.8 Å². The lowest BCUT2D eigenvalue weighted by atomic mass is 10.1. The fourth-order valence-electron chi connectivity index (χ4n) is 2.78. The van der Waals surface area contributed by atoms with E-state index in [1.54, 1.807) is 19.2 Å². The Morgan fingerprint density at radius 2 is 1.92 bits per heavy atom. The zero-order valence-corrected chi connectivity index (χ0v) is 13.4. The minimum absolute atomic E-state index is 0.0615. The van der Waals surface area contributed by atoms with E-state index in [0.717, 1.165) is 22.6 Å². The minimum Gasteiger partial charge on any atom is -0.497 e. The molecular weight excluding hydrogens is 308 g/mol. The Bertz CT molecular complexity index is 789. The molecule has 24 heavy (non-hydrogen) atoms. The number of nitrogens with zero attached hydrogens (tertiary/aromatic N) is 2. The van der Waals surface area contributed by atoms with Gasteiger partial charge in [0.25, 0.3) is 5.69 Å². The second-order valence-electron chi connectivity index (χ2n) is 5.58. The van der Waals surface area contributed by atoms with Gasteiger partial charge in [-0.05, 0) is 24.3 Å². The first-order chi connectivity index (χ1) is 11.6. The van der Waals surface area contributed by atoms with E-state index in [9.17, 15) is 10.1 Å². The van der Waals surface area contributed by atoms with E-state index < -0.39 is 4.92 Å². The first-order valence-corrected chi connectivity index (χ1v) is 7.56. The van der Waals surface area contributed by atoms with Gasteiger partial charge in [-0.15, -0.1) is 6.58 Å². The molecule has 1 heterocycles. The molecule has 2 aromatic carbocycles. The summed E-state index contributed by atoms with van der Waals surface area (Å²) >= 11 is 0. The first kappa shape index (κ1) is 16.0. The highest BCUT2D eigenvalue weighted by molar-refractivity contribution is 5.49. The Balaban J connectivity index is 2.06. The molecule has 1 aliphatic rings. The number of benzene rings is 2. The molecule has 2 aromatic rings. The van der Waals surface area contributed by atoms with Gasteiger partial charge in [-0.2, -0.15) is 0 Å². The summed E-state index contributed by atoms with van der Waals surface area (Å²) in [5.41, 5.74) is 1.85. The molecule has 0 unspecified atom stereocenters. The predicted molar refractivity (Wildman–Crippen MR) is 90.5 cm³/mol. The summed E-state index contributed by atoms with van der Waals surface area (Å²) in [7, 11) is 1.63. The highest BCUT2D eigenvalue weighted by Crippen LogP contribution is 2.36. The second kappa shape index (κ2) is 6.72. The molecule has 0 aromatic heterocycles. The van der Waals surface area contributed by atoms with Gasteiger partial charge < -0.3 is 9.47 Å². The fraction of sp³-hybridized carbons (Fsp3) is 0.222.